The predicted molar refractivity (Wildman–Crippen MR) is 80.3 cm³/mol. The van der Waals surface area contributed by atoms with Crippen LogP contribution in [0.1, 0.15) is 6.92 Å². The van der Waals surface area contributed by atoms with Crippen LogP contribution in [0, 0.1) is 0 Å². The molecule has 0 spiro atoms. The monoisotopic (exact) mass is 291 g/mol. The molecule has 21 heavy (non-hydrogen) atoms. The van der Waals surface area contributed by atoms with Gasteiger partial charge in [0.25, 0.3) is 0 Å². The molecule has 1 heterocycles. The van der Waals surface area contributed by atoms with E-state index in [0.717, 1.165) is 18.8 Å². The molecule has 114 valence electrons. The van der Waals surface area contributed by atoms with E-state index in [1.54, 1.807) is 29.2 Å². The molecule has 0 unspecified atom stereocenters. The molecule has 0 radical (unpaired) electrons. The van der Waals surface area contributed by atoms with Crippen LogP contribution in [0.3, 0.4) is 0 Å². The third kappa shape index (κ3) is 4.19. The number of hydrogen-bond acceptors (Lipinski definition) is 4. The highest BCUT2D eigenvalue weighted by molar-refractivity contribution is 6.39. The molecule has 6 nitrogen and oxygen atoms in total. The Balaban J connectivity index is 1.89. The quantitative estimate of drug-likeness (QED) is 0.837. The molecule has 0 saturated carbocycles. The van der Waals surface area contributed by atoms with E-state index in [2.05, 4.69) is 10.2 Å². The topological polar surface area (TPSA) is 61.9 Å². The van der Waals surface area contributed by atoms with Crippen LogP contribution in [-0.4, -0.2) is 61.4 Å². The molecule has 1 N–H and O–H groups in total. The summed E-state index contributed by atoms with van der Waals surface area (Å²) in [7, 11) is 2.00. The van der Waals surface area contributed by atoms with Crippen molar-refractivity contribution in [3.63, 3.8) is 0 Å². The van der Waals surface area contributed by atoms with Crippen molar-refractivity contribution in [2.24, 2.45) is 0 Å². The number of ether oxygens (including phenoxy) is 1. The zero-order valence-corrected chi connectivity index (χ0v) is 12.5. The Bertz CT molecular complexity index is 493. The molecule has 1 aliphatic heterocycles. The van der Waals surface area contributed by atoms with E-state index in [0.29, 0.717) is 25.4 Å². The Kier molecular flexibility index (Phi) is 5.16. The van der Waals surface area contributed by atoms with Crippen molar-refractivity contribution in [1.29, 1.82) is 0 Å². The highest BCUT2D eigenvalue weighted by atomic mass is 16.5. The molecule has 2 rings (SSSR count). The third-order valence-corrected chi connectivity index (χ3v) is 3.41. The van der Waals surface area contributed by atoms with E-state index in [-0.39, 0.29) is 0 Å². The molecule has 0 aliphatic carbocycles. The maximum Gasteiger partial charge on any atom is 0.313 e. The minimum absolute atomic E-state index is 0.475. The Hall–Kier alpha value is -2.08. The normalized spacial score (nSPS) is 15.6. The number of carbonyl (C=O) groups is 2. The molecule has 1 aromatic carbocycles. The zero-order chi connectivity index (χ0) is 15.2. The summed E-state index contributed by atoms with van der Waals surface area (Å²) >= 11 is 0. The molecule has 0 bridgehead atoms. The lowest BCUT2D eigenvalue weighted by Gasteiger charge is -2.31. The Morgan fingerprint density at radius 3 is 2.33 bits per heavy atom. The number of likely N-dealkylation sites (N-methyl/N-ethyl adjacent to an activating group) is 1. The first-order valence-electron chi connectivity index (χ1n) is 7.12. The SMILES string of the molecule is CCOc1ccc(NC(=O)C(=O)N2CCN(C)CC2)cc1. The van der Waals surface area contributed by atoms with E-state index in [9.17, 15) is 9.59 Å². The average Bonchev–Trinajstić information content (AvgIpc) is 2.49. The van der Waals surface area contributed by atoms with Gasteiger partial charge in [-0.2, -0.15) is 0 Å². The molecule has 1 fully saturated rings. The summed E-state index contributed by atoms with van der Waals surface area (Å²) in [6, 6.07) is 6.97. The second-order valence-electron chi connectivity index (χ2n) is 5.01. The smallest absolute Gasteiger partial charge is 0.313 e. The van der Waals surface area contributed by atoms with Crippen molar-refractivity contribution in [1.82, 2.24) is 9.80 Å². The Morgan fingerprint density at radius 2 is 1.76 bits per heavy atom. The molecular weight excluding hydrogens is 270 g/mol. The third-order valence-electron chi connectivity index (χ3n) is 3.41. The number of anilines is 1. The van der Waals surface area contributed by atoms with E-state index in [1.165, 1.54) is 0 Å². The lowest BCUT2D eigenvalue weighted by Crippen LogP contribution is -2.50. The van der Waals surface area contributed by atoms with Crippen LogP contribution >= 0.6 is 0 Å². The minimum atomic E-state index is -0.594. The van der Waals surface area contributed by atoms with Gasteiger partial charge in [0.1, 0.15) is 5.75 Å². The number of piperazine rings is 1. The first-order valence-corrected chi connectivity index (χ1v) is 7.12. The fraction of sp³-hybridized carbons (Fsp3) is 0.467. The minimum Gasteiger partial charge on any atom is -0.494 e. The van der Waals surface area contributed by atoms with Crippen LogP contribution < -0.4 is 10.1 Å². The Morgan fingerprint density at radius 1 is 1.14 bits per heavy atom. The number of hydrogen-bond donors (Lipinski definition) is 1. The van der Waals surface area contributed by atoms with Gasteiger partial charge in [-0.15, -0.1) is 0 Å². The highest BCUT2D eigenvalue weighted by Gasteiger charge is 2.24. The first kappa shape index (κ1) is 15.3. The van der Waals surface area contributed by atoms with Gasteiger partial charge in [0.05, 0.1) is 6.61 Å². The molecule has 0 atom stereocenters. The number of amides is 2. The van der Waals surface area contributed by atoms with Crippen LogP contribution in [0.5, 0.6) is 5.75 Å². The maximum atomic E-state index is 12.0. The van der Waals surface area contributed by atoms with Gasteiger partial charge in [0.15, 0.2) is 0 Å². The summed E-state index contributed by atoms with van der Waals surface area (Å²) < 4.78 is 5.33. The van der Waals surface area contributed by atoms with Gasteiger partial charge in [0.2, 0.25) is 0 Å². The first-order chi connectivity index (χ1) is 10.1. The fourth-order valence-corrected chi connectivity index (χ4v) is 2.14. The molecule has 1 aromatic rings. The molecule has 2 amide bonds. The molecule has 1 aliphatic rings. The van der Waals surface area contributed by atoms with Crippen molar-refractivity contribution >= 4 is 17.5 Å². The fourth-order valence-electron chi connectivity index (χ4n) is 2.14. The van der Waals surface area contributed by atoms with E-state index in [4.69, 9.17) is 4.74 Å². The highest BCUT2D eigenvalue weighted by Crippen LogP contribution is 2.15. The van der Waals surface area contributed by atoms with Gasteiger partial charge in [0, 0.05) is 31.9 Å². The summed E-state index contributed by atoms with van der Waals surface area (Å²) in [4.78, 5) is 27.7. The van der Waals surface area contributed by atoms with Crippen LogP contribution in [0.2, 0.25) is 0 Å². The van der Waals surface area contributed by atoms with Gasteiger partial charge in [-0.3, -0.25) is 9.59 Å². The summed E-state index contributed by atoms with van der Waals surface area (Å²) in [6.07, 6.45) is 0. The van der Waals surface area contributed by atoms with Crippen molar-refractivity contribution in [2.75, 3.05) is 45.2 Å². The van der Waals surface area contributed by atoms with E-state index >= 15 is 0 Å². The van der Waals surface area contributed by atoms with Gasteiger partial charge < -0.3 is 19.9 Å². The van der Waals surface area contributed by atoms with Crippen molar-refractivity contribution < 1.29 is 14.3 Å². The van der Waals surface area contributed by atoms with Gasteiger partial charge in [-0.1, -0.05) is 0 Å². The molecule has 1 saturated heterocycles. The second kappa shape index (κ2) is 7.08. The summed E-state index contributed by atoms with van der Waals surface area (Å²) in [5, 5.41) is 2.62. The largest absolute Gasteiger partial charge is 0.494 e. The summed E-state index contributed by atoms with van der Waals surface area (Å²) in [5.41, 5.74) is 0.589. The molecular formula is C15H21N3O3. The molecule has 0 aromatic heterocycles. The summed E-state index contributed by atoms with van der Waals surface area (Å²) in [5.74, 6) is -0.332. The number of benzene rings is 1. The maximum absolute atomic E-state index is 12.0. The van der Waals surface area contributed by atoms with Crippen molar-refractivity contribution in [2.45, 2.75) is 6.92 Å². The van der Waals surface area contributed by atoms with Gasteiger partial charge >= 0.3 is 11.8 Å². The Labute approximate surface area is 124 Å². The van der Waals surface area contributed by atoms with Crippen molar-refractivity contribution in [3.8, 4) is 5.75 Å². The van der Waals surface area contributed by atoms with E-state index < -0.39 is 11.8 Å². The van der Waals surface area contributed by atoms with Crippen LogP contribution in [0.15, 0.2) is 24.3 Å². The lowest BCUT2D eigenvalue weighted by molar-refractivity contribution is -0.144. The second-order valence-corrected chi connectivity index (χ2v) is 5.01. The zero-order valence-electron chi connectivity index (χ0n) is 12.5. The number of rotatable bonds is 3. The number of nitrogens with one attached hydrogen (secondary N) is 1. The van der Waals surface area contributed by atoms with Crippen LogP contribution in [-0.2, 0) is 9.59 Å². The number of nitrogens with zero attached hydrogens (tertiary/aromatic N) is 2. The van der Waals surface area contributed by atoms with Gasteiger partial charge in [-0.05, 0) is 38.2 Å². The van der Waals surface area contributed by atoms with Gasteiger partial charge in [-0.25, -0.2) is 0 Å². The van der Waals surface area contributed by atoms with Crippen LogP contribution in [0.4, 0.5) is 5.69 Å². The predicted octanol–water partition coefficient (Wildman–Crippen LogP) is 0.798. The van der Waals surface area contributed by atoms with E-state index in [1.807, 2.05) is 14.0 Å². The van der Waals surface area contributed by atoms with Crippen molar-refractivity contribution in [3.05, 3.63) is 24.3 Å². The lowest BCUT2D eigenvalue weighted by atomic mass is 10.3. The standard InChI is InChI=1S/C15H21N3O3/c1-3-21-13-6-4-12(5-7-13)16-14(19)15(20)18-10-8-17(2)9-11-18/h4-7H,3,8-11H2,1-2H3,(H,16,19). The van der Waals surface area contributed by atoms with Crippen LogP contribution in [0.25, 0.3) is 0 Å². The number of carbonyl (C=O) groups excluding carboxylic acids is 2. The molecule has 6 heteroatoms. The summed E-state index contributed by atoms with van der Waals surface area (Å²) in [6.45, 7) is 5.26. The average molecular weight is 291 g/mol.